The van der Waals surface area contributed by atoms with Gasteiger partial charge in [0.2, 0.25) is 0 Å². The number of amides is 3. The number of carbonyl (C=O) groups excluding carboxylic acids is 3. The van der Waals surface area contributed by atoms with Crippen LogP contribution in [0.2, 0.25) is 0 Å². The molecule has 6 rings (SSSR count). The number of nitrogens with zero attached hydrogens (tertiary/aromatic N) is 2. The van der Waals surface area contributed by atoms with E-state index in [0.29, 0.717) is 41.5 Å². The van der Waals surface area contributed by atoms with Gasteiger partial charge in [0.25, 0.3) is 11.8 Å². The number of fused-ring (bicyclic) bond motifs is 1. The number of ether oxygens (including phenoxy) is 3. The number of methoxy groups -OCH3 is 1. The van der Waals surface area contributed by atoms with Crippen molar-refractivity contribution >= 4 is 40.8 Å². The van der Waals surface area contributed by atoms with Crippen LogP contribution in [-0.4, -0.2) is 75.6 Å². The van der Waals surface area contributed by atoms with E-state index in [9.17, 15) is 14.4 Å². The molecule has 1 aliphatic heterocycles. The SMILES string of the molecule is C=CC1CC1(NC(=O)OC(C)(C)C)C(=O)N1C[C@H](Oc2cc(-c3ccccc3)nc3cc(OC)ccc23)C[C@H]1NN[C@@](C)(CCC)C(=O)NSC1CC1.CC. The number of alkyl carbamates (subject to hydrolysis) is 1. The Morgan fingerprint density at radius 3 is 2.42 bits per heavy atom. The molecule has 1 saturated heterocycles. The standard InChI is InChI=1S/C40H52N6O6S.C2H6/c1-8-19-39(6,35(47)44-53-29-16-17-29)45-43-34-21-28(24-46(34)36(48)40(23-26(40)9-2)42-37(49)52-38(3,4)5)51-33-22-31(25-13-11-10-12-14-25)41-32-20-27(50-7)15-18-30(32)33;1-2/h9-15,18,20,22,26,28-29,34,43,45H,2,8,16-17,19,21,23-24H2,1,3-7H3,(H,42,49)(H,44,47);1-2H3/t26?,28-,34+,39+,40?;/m1./s1. The Morgan fingerprint density at radius 1 is 1.07 bits per heavy atom. The monoisotopic (exact) mass is 774 g/mol. The lowest BCUT2D eigenvalue weighted by molar-refractivity contribution is -0.137. The second-order valence-electron chi connectivity index (χ2n) is 15.4. The van der Waals surface area contributed by atoms with Crippen LogP contribution in [0.15, 0.2) is 67.3 Å². The van der Waals surface area contributed by atoms with E-state index in [1.165, 1.54) is 11.9 Å². The molecule has 0 bridgehead atoms. The molecule has 5 atom stereocenters. The molecule has 3 aromatic rings. The van der Waals surface area contributed by atoms with Crippen molar-refractivity contribution in [3.05, 3.63) is 67.3 Å². The van der Waals surface area contributed by atoms with Crippen LogP contribution in [0.5, 0.6) is 11.5 Å². The van der Waals surface area contributed by atoms with Crippen LogP contribution >= 0.6 is 11.9 Å². The van der Waals surface area contributed by atoms with Gasteiger partial charge in [-0.3, -0.25) is 14.3 Å². The molecule has 2 heterocycles. The van der Waals surface area contributed by atoms with Gasteiger partial charge in [-0.2, -0.15) is 0 Å². The van der Waals surface area contributed by atoms with Crippen LogP contribution in [0.3, 0.4) is 0 Å². The molecule has 55 heavy (non-hydrogen) atoms. The summed E-state index contributed by atoms with van der Waals surface area (Å²) in [5.74, 6) is 0.606. The topological polar surface area (TPSA) is 143 Å². The van der Waals surface area contributed by atoms with Crippen LogP contribution < -0.4 is 30.4 Å². The number of aromatic nitrogens is 1. The van der Waals surface area contributed by atoms with Crippen molar-refractivity contribution < 1.29 is 28.6 Å². The molecule has 0 radical (unpaired) electrons. The number of benzene rings is 2. The summed E-state index contributed by atoms with van der Waals surface area (Å²) < 4.78 is 20.9. The number of hydrogen-bond donors (Lipinski definition) is 4. The Morgan fingerprint density at radius 2 is 1.80 bits per heavy atom. The smallest absolute Gasteiger partial charge is 0.408 e. The van der Waals surface area contributed by atoms with E-state index in [4.69, 9.17) is 19.2 Å². The molecule has 298 valence electrons. The lowest BCUT2D eigenvalue weighted by Gasteiger charge is -2.35. The Balaban J connectivity index is 0.00000285. The molecule has 13 heteroatoms. The molecular formula is C42H58N6O6S. The highest BCUT2D eigenvalue weighted by molar-refractivity contribution is 7.98. The molecule has 0 spiro atoms. The van der Waals surface area contributed by atoms with Crippen molar-refractivity contribution in [3.8, 4) is 22.8 Å². The van der Waals surface area contributed by atoms with E-state index < -0.39 is 35.0 Å². The first-order valence-corrected chi connectivity index (χ1v) is 20.3. The second kappa shape index (κ2) is 17.6. The van der Waals surface area contributed by atoms with Crippen molar-refractivity contribution in [2.75, 3.05) is 13.7 Å². The summed E-state index contributed by atoms with van der Waals surface area (Å²) in [6.45, 7) is 17.4. The summed E-state index contributed by atoms with van der Waals surface area (Å²) in [4.78, 5) is 47.9. The third-order valence-electron chi connectivity index (χ3n) is 9.88. The van der Waals surface area contributed by atoms with Gasteiger partial charge in [-0.15, -0.1) is 6.58 Å². The molecule has 4 N–H and O–H groups in total. The zero-order valence-electron chi connectivity index (χ0n) is 33.5. The fourth-order valence-electron chi connectivity index (χ4n) is 6.75. The van der Waals surface area contributed by atoms with Crippen LogP contribution in [0.25, 0.3) is 22.2 Å². The summed E-state index contributed by atoms with van der Waals surface area (Å²) in [6.07, 6.45) is 4.29. The van der Waals surface area contributed by atoms with Gasteiger partial charge < -0.3 is 24.4 Å². The van der Waals surface area contributed by atoms with Gasteiger partial charge in [-0.05, 0) is 77.5 Å². The van der Waals surface area contributed by atoms with Crippen LogP contribution in [-0.2, 0) is 14.3 Å². The van der Waals surface area contributed by atoms with E-state index in [1.807, 2.05) is 82.3 Å². The van der Waals surface area contributed by atoms with Gasteiger partial charge in [0.05, 0.1) is 31.0 Å². The number of likely N-dealkylation sites (tertiary alicyclic amines) is 1. The highest BCUT2D eigenvalue weighted by Crippen LogP contribution is 2.47. The van der Waals surface area contributed by atoms with Gasteiger partial charge in [0.1, 0.15) is 34.3 Å². The Hall–Kier alpha value is -4.33. The van der Waals surface area contributed by atoms with E-state index >= 15 is 0 Å². The van der Waals surface area contributed by atoms with E-state index in [-0.39, 0.29) is 24.3 Å². The van der Waals surface area contributed by atoms with E-state index in [2.05, 4.69) is 27.5 Å². The average molecular weight is 775 g/mol. The summed E-state index contributed by atoms with van der Waals surface area (Å²) in [5.41, 5.74) is 6.13. The van der Waals surface area contributed by atoms with Gasteiger partial charge >= 0.3 is 6.09 Å². The third kappa shape index (κ3) is 10.1. The molecule has 2 unspecified atom stereocenters. The molecule has 3 fully saturated rings. The number of pyridine rings is 1. The normalized spacial score (nSPS) is 22.8. The number of carbonyl (C=O) groups is 3. The highest BCUT2D eigenvalue weighted by Gasteiger charge is 2.63. The van der Waals surface area contributed by atoms with Crippen molar-refractivity contribution in [1.29, 1.82) is 0 Å². The van der Waals surface area contributed by atoms with Gasteiger partial charge in [0.15, 0.2) is 0 Å². The Kier molecular flexibility index (Phi) is 13.4. The fraction of sp³-hybridized carbons (Fsp3) is 0.524. The zero-order valence-corrected chi connectivity index (χ0v) is 34.3. The predicted octanol–water partition coefficient (Wildman–Crippen LogP) is 7.29. The maximum atomic E-state index is 14.7. The summed E-state index contributed by atoms with van der Waals surface area (Å²) in [7, 11) is 1.62. The van der Waals surface area contributed by atoms with Crippen molar-refractivity contribution in [3.63, 3.8) is 0 Å². The lowest BCUT2D eigenvalue weighted by Crippen LogP contribution is -2.64. The van der Waals surface area contributed by atoms with Gasteiger partial charge in [-0.1, -0.05) is 63.6 Å². The second-order valence-corrected chi connectivity index (χ2v) is 16.6. The molecule has 3 amide bonds. The molecule has 3 aliphatic rings. The largest absolute Gasteiger partial charge is 0.497 e. The maximum Gasteiger partial charge on any atom is 0.408 e. The lowest BCUT2D eigenvalue weighted by atomic mass is 9.96. The Labute approximate surface area is 330 Å². The molecule has 2 aliphatic carbocycles. The summed E-state index contributed by atoms with van der Waals surface area (Å²) in [6, 6.07) is 17.5. The summed E-state index contributed by atoms with van der Waals surface area (Å²) in [5, 5.41) is 4.15. The van der Waals surface area contributed by atoms with Gasteiger partial charge in [-0.25, -0.2) is 20.6 Å². The maximum absolute atomic E-state index is 14.7. The van der Waals surface area contributed by atoms with Crippen molar-refractivity contribution in [2.45, 2.75) is 121 Å². The quantitative estimate of drug-likeness (QED) is 0.0707. The third-order valence-corrected chi connectivity index (χ3v) is 11.0. The highest BCUT2D eigenvalue weighted by atomic mass is 32.2. The molecular weight excluding hydrogens is 717 g/mol. The minimum absolute atomic E-state index is 0.128. The van der Waals surface area contributed by atoms with E-state index in [0.717, 1.165) is 35.9 Å². The van der Waals surface area contributed by atoms with E-state index in [1.54, 1.807) is 38.9 Å². The number of nitrogens with one attached hydrogen (secondary N) is 4. The fourth-order valence-corrected chi connectivity index (χ4v) is 7.62. The first kappa shape index (κ1) is 41.8. The predicted molar refractivity (Wildman–Crippen MR) is 218 cm³/mol. The minimum Gasteiger partial charge on any atom is -0.497 e. The van der Waals surface area contributed by atoms with Crippen molar-refractivity contribution in [2.24, 2.45) is 5.92 Å². The minimum atomic E-state index is -1.22. The summed E-state index contributed by atoms with van der Waals surface area (Å²) >= 11 is 1.47. The van der Waals surface area contributed by atoms with Gasteiger partial charge in [0, 0.05) is 40.7 Å². The molecule has 2 aromatic carbocycles. The van der Waals surface area contributed by atoms with Crippen LogP contribution in [0, 0.1) is 5.92 Å². The Bertz CT molecular complexity index is 1830. The number of hydrazine groups is 1. The molecule has 12 nitrogen and oxygen atoms in total. The van der Waals surface area contributed by atoms with Crippen LogP contribution in [0.4, 0.5) is 4.79 Å². The first-order chi connectivity index (χ1) is 26.3. The molecule has 1 aromatic heterocycles. The number of rotatable bonds is 15. The van der Waals surface area contributed by atoms with Crippen LogP contribution in [0.1, 0.15) is 87.0 Å². The van der Waals surface area contributed by atoms with Crippen molar-refractivity contribution in [1.82, 2.24) is 30.8 Å². The molecule has 2 saturated carbocycles. The average Bonchev–Trinajstić information content (AvgIpc) is 4.09. The number of hydrogen-bond acceptors (Lipinski definition) is 10. The first-order valence-electron chi connectivity index (χ1n) is 19.4. The zero-order chi connectivity index (χ0) is 40.0.